The first-order chi connectivity index (χ1) is 9.97. The van der Waals surface area contributed by atoms with Gasteiger partial charge in [-0.05, 0) is 19.9 Å². The van der Waals surface area contributed by atoms with Crippen LogP contribution < -0.4 is 4.90 Å². The van der Waals surface area contributed by atoms with Crippen LogP contribution in [0.25, 0.3) is 0 Å². The molecule has 1 N–H and O–H groups in total. The van der Waals surface area contributed by atoms with Crippen LogP contribution in [0.3, 0.4) is 0 Å². The standard InChI is InChI=1S/C14H18N2O5/c1-3-15(13-8-21-7-10(13)14(17)18)11-5-4-6-12(9(11)2)16(19)20/h4-6,10,13H,3,7-8H2,1-2H3,(H,17,18). The molecule has 2 unspecified atom stereocenters. The van der Waals surface area contributed by atoms with Gasteiger partial charge in [0.1, 0.15) is 5.92 Å². The Balaban J connectivity index is 2.40. The highest BCUT2D eigenvalue weighted by Gasteiger charge is 2.38. The van der Waals surface area contributed by atoms with E-state index in [2.05, 4.69) is 0 Å². The van der Waals surface area contributed by atoms with Gasteiger partial charge in [-0.3, -0.25) is 14.9 Å². The highest BCUT2D eigenvalue weighted by Crippen LogP contribution is 2.32. The molecule has 0 aromatic heterocycles. The zero-order valence-corrected chi connectivity index (χ0v) is 12.0. The summed E-state index contributed by atoms with van der Waals surface area (Å²) < 4.78 is 5.30. The highest BCUT2D eigenvalue weighted by molar-refractivity contribution is 5.73. The third-order valence-electron chi connectivity index (χ3n) is 3.89. The maximum absolute atomic E-state index is 11.3. The minimum Gasteiger partial charge on any atom is -0.481 e. The normalized spacial score (nSPS) is 21.2. The Bertz CT molecular complexity index is 560. The summed E-state index contributed by atoms with van der Waals surface area (Å²) in [5, 5.41) is 20.3. The van der Waals surface area contributed by atoms with Gasteiger partial charge in [0.15, 0.2) is 0 Å². The number of carbonyl (C=O) groups is 1. The van der Waals surface area contributed by atoms with Gasteiger partial charge in [-0.25, -0.2) is 0 Å². The smallest absolute Gasteiger partial charge is 0.311 e. The molecule has 0 amide bonds. The summed E-state index contributed by atoms with van der Waals surface area (Å²) in [6, 6.07) is 4.54. The van der Waals surface area contributed by atoms with Crippen LogP contribution in [-0.2, 0) is 9.53 Å². The fourth-order valence-electron chi connectivity index (χ4n) is 2.79. The lowest BCUT2D eigenvalue weighted by atomic mass is 10.0. The van der Waals surface area contributed by atoms with Gasteiger partial charge in [-0.15, -0.1) is 0 Å². The molecule has 1 aliphatic rings. The number of nitro groups is 1. The molecular formula is C14H18N2O5. The number of carboxylic acid groups (broad SMARTS) is 1. The lowest BCUT2D eigenvalue weighted by molar-refractivity contribution is -0.385. The number of nitro benzene ring substituents is 1. The minimum atomic E-state index is -0.904. The Kier molecular flexibility index (Phi) is 4.42. The molecule has 0 aliphatic carbocycles. The van der Waals surface area contributed by atoms with Crippen LogP contribution >= 0.6 is 0 Å². The second-order valence-electron chi connectivity index (χ2n) is 5.01. The van der Waals surface area contributed by atoms with Crippen molar-refractivity contribution in [2.24, 2.45) is 5.92 Å². The second-order valence-corrected chi connectivity index (χ2v) is 5.01. The SMILES string of the molecule is CCN(c1cccc([N+](=O)[O-])c1C)C1COCC1C(=O)O. The molecule has 0 bridgehead atoms. The quantitative estimate of drug-likeness (QED) is 0.658. The van der Waals surface area contributed by atoms with Crippen molar-refractivity contribution in [1.29, 1.82) is 0 Å². The van der Waals surface area contributed by atoms with Crippen molar-refractivity contribution in [3.05, 3.63) is 33.9 Å². The monoisotopic (exact) mass is 294 g/mol. The zero-order chi connectivity index (χ0) is 15.6. The Labute approximate surface area is 122 Å². The van der Waals surface area contributed by atoms with Gasteiger partial charge in [0.25, 0.3) is 5.69 Å². The van der Waals surface area contributed by atoms with Gasteiger partial charge >= 0.3 is 5.97 Å². The fraction of sp³-hybridized carbons (Fsp3) is 0.500. The fourth-order valence-corrected chi connectivity index (χ4v) is 2.79. The van der Waals surface area contributed by atoms with E-state index in [1.807, 2.05) is 11.8 Å². The number of aliphatic carboxylic acids is 1. The molecule has 1 heterocycles. The van der Waals surface area contributed by atoms with Gasteiger partial charge in [-0.2, -0.15) is 0 Å². The number of benzene rings is 1. The van der Waals surface area contributed by atoms with Crippen LogP contribution in [0.1, 0.15) is 12.5 Å². The molecule has 2 rings (SSSR count). The predicted molar refractivity (Wildman–Crippen MR) is 76.6 cm³/mol. The lowest BCUT2D eigenvalue weighted by Crippen LogP contribution is -2.43. The van der Waals surface area contributed by atoms with Crippen molar-refractivity contribution in [3.8, 4) is 0 Å². The molecule has 1 fully saturated rings. The third kappa shape index (κ3) is 2.82. The van der Waals surface area contributed by atoms with Crippen molar-refractivity contribution in [2.75, 3.05) is 24.7 Å². The summed E-state index contributed by atoms with van der Waals surface area (Å²) in [5.41, 5.74) is 1.27. The van der Waals surface area contributed by atoms with E-state index in [0.29, 0.717) is 24.4 Å². The van der Waals surface area contributed by atoms with Crippen LogP contribution in [-0.4, -0.2) is 41.8 Å². The van der Waals surface area contributed by atoms with Crippen molar-refractivity contribution < 1.29 is 19.6 Å². The van der Waals surface area contributed by atoms with E-state index in [1.54, 1.807) is 19.1 Å². The average Bonchev–Trinajstić information content (AvgIpc) is 2.90. The molecule has 7 nitrogen and oxygen atoms in total. The van der Waals surface area contributed by atoms with E-state index in [0.717, 1.165) is 0 Å². The highest BCUT2D eigenvalue weighted by atomic mass is 16.6. The molecule has 0 spiro atoms. The maximum Gasteiger partial charge on any atom is 0.311 e. The molecule has 7 heteroatoms. The molecule has 1 aromatic carbocycles. The first-order valence-corrected chi connectivity index (χ1v) is 6.78. The van der Waals surface area contributed by atoms with Gasteiger partial charge in [0.05, 0.1) is 29.7 Å². The lowest BCUT2D eigenvalue weighted by Gasteiger charge is -2.32. The summed E-state index contributed by atoms with van der Waals surface area (Å²) in [7, 11) is 0. The van der Waals surface area contributed by atoms with E-state index in [-0.39, 0.29) is 18.3 Å². The molecule has 1 saturated heterocycles. The third-order valence-corrected chi connectivity index (χ3v) is 3.89. The van der Waals surface area contributed by atoms with Crippen molar-refractivity contribution in [2.45, 2.75) is 19.9 Å². The topological polar surface area (TPSA) is 92.9 Å². The largest absolute Gasteiger partial charge is 0.481 e. The predicted octanol–water partition coefficient (Wildman–Crippen LogP) is 1.83. The Morgan fingerprint density at radius 1 is 1.52 bits per heavy atom. The number of carboxylic acids is 1. The molecule has 1 aliphatic heterocycles. The number of hydrogen-bond donors (Lipinski definition) is 1. The summed E-state index contributed by atoms with van der Waals surface area (Å²) in [5.74, 6) is -1.53. The number of rotatable bonds is 5. The molecule has 0 saturated carbocycles. The van der Waals surface area contributed by atoms with E-state index in [9.17, 15) is 20.0 Å². The zero-order valence-electron chi connectivity index (χ0n) is 12.0. The van der Waals surface area contributed by atoms with Crippen molar-refractivity contribution in [3.63, 3.8) is 0 Å². The van der Waals surface area contributed by atoms with E-state index in [1.165, 1.54) is 6.07 Å². The van der Waals surface area contributed by atoms with E-state index in [4.69, 9.17) is 4.74 Å². The van der Waals surface area contributed by atoms with Crippen molar-refractivity contribution >= 4 is 17.3 Å². The molecule has 114 valence electrons. The van der Waals surface area contributed by atoms with Crippen LogP contribution in [0.5, 0.6) is 0 Å². The second kappa shape index (κ2) is 6.09. The molecule has 1 aromatic rings. The Morgan fingerprint density at radius 2 is 2.24 bits per heavy atom. The summed E-state index contributed by atoms with van der Waals surface area (Å²) in [6.45, 7) is 4.62. The molecule has 2 atom stereocenters. The summed E-state index contributed by atoms with van der Waals surface area (Å²) in [4.78, 5) is 23.8. The summed E-state index contributed by atoms with van der Waals surface area (Å²) >= 11 is 0. The van der Waals surface area contributed by atoms with Gasteiger partial charge in [0, 0.05) is 18.3 Å². The maximum atomic E-state index is 11.3. The van der Waals surface area contributed by atoms with Gasteiger partial charge < -0.3 is 14.7 Å². The average molecular weight is 294 g/mol. The van der Waals surface area contributed by atoms with E-state index >= 15 is 0 Å². The number of hydrogen-bond acceptors (Lipinski definition) is 5. The first-order valence-electron chi connectivity index (χ1n) is 6.78. The van der Waals surface area contributed by atoms with Crippen LogP contribution in [0.4, 0.5) is 11.4 Å². The van der Waals surface area contributed by atoms with Crippen LogP contribution in [0.15, 0.2) is 18.2 Å². The first kappa shape index (κ1) is 15.2. The summed E-state index contributed by atoms with van der Waals surface area (Å²) in [6.07, 6.45) is 0. The van der Waals surface area contributed by atoms with Crippen LogP contribution in [0, 0.1) is 23.0 Å². The minimum absolute atomic E-state index is 0.0386. The number of nitrogens with zero attached hydrogens (tertiary/aromatic N) is 2. The molecule has 21 heavy (non-hydrogen) atoms. The molecule has 0 radical (unpaired) electrons. The number of likely N-dealkylation sites (N-methyl/N-ethyl adjacent to an activating group) is 1. The van der Waals surface area contributed by atoms with Crippen molar-refractivity contribution in [1.82, 2.24) is 0 Å². The Morgan fingerprint density at radius 3 is 2.81 bits per heavy atom. The van der Waals surface area contributed by atoms with E-state index < -0.39 is 16.8 Å². The number of ether oxygens (including phenoxy) is 1. The Hall–Kier alpha value is -2.15. The van der Waals surface area contributed by atoms with Gasteiger partial charge in [-0.1, -0.05) is 6.07 Å². The molecular weight excluding hydrogens is 276 g/mol. The van der Waals surface area contributed by atoms with Crippen LogP contribution in [0.2, 0.25) is 0 Å². The van der Waals surface area contributed by atoms with Gasteiger partial charge in [0.2, 0.25) is 0 Å². The number of anilines is 1.